The van der Waals surface area contributed by atoms with Crippen molar-refractivity contribution in [1.82, 2.24) is 5.32 Å². The monoisotopic (exact) mass is 328 g/mol. The lowest BCUT2D eigenvalue weighted by atomic mass is 9.87. The second kappa shape index (κ2) is 6.06. The van der Waals surface area contributed by atoms with Crippen LogP contribution >= 0.6 is 15.9 Å². The van der Waals surface area contributed by atoms with Gasteiger partial charge >= 0.3 is 12.0 Å². The first-order valence-electron chi connectivity index (χ1n) is 5.76. The van der Waals surface area contributed by atoms with Crippen LogP contribution in [-0.4, -0.2) is 23.1 Å². The number of urea groups is 1. The van der Waals surface area contributed by atoms with Crippen molar-refractivity contribution < 1.29 is 14.7 Å². The minimum absolute atomic E-state index is 0.541. The van der Waals surface area contributed by atoms with Gasteiger partial charge in [0.15, 0.2) is 0 Å². The fraction of sp³-hybridized carbons (Fsp3) is 0.385. The van der Waals surface area contributed by atoms with Crippen LogP contribution in [0.1, 0.15) is 20.8 Å². The zero-order valence-electron chi connectivity index (χ0n) is 11.0. The van der Waals surface area contributed by atoms with E-state index >= 15 is 0 Å². The maximum atomic E-state index is 11.8. The number of hydrogen-bond donors (Lipinski definition) is 3. The topological polar surface area (TPSA) is 78.4 Å². The largest absolute Gasteiger partial charge is 0.480 e. The number of amides is 2. The van der Waals surface area contributed by atoms with E-state index in [9.17, 15) is 9.59 Å². The molecule has 0 spiro atoms. The Labute approximate surface area is 120 Å². The Bertz CT molecular complexity index is 483. The van der Waals surface area contributed by atoms with E-state index in [-0.39, 0.29) is 0 Å². The van der Waals surface area contributed by atoms with Crippen molar-refractivity contribution in [3.05, 3.63) is 28.7 Å². The predicted octanol–water partition coefficient (Wildman–Crippen LogP) is 3.07. The van der Waals surface area contributed by atoms with E-state index in [2.05, 4.69) is 26.6 Å². The average molecular weight is 329 g/mol. The molecule has 1 aromatic rings. The SMILES string of the molecule is CC(C)(C)C(NC(=O)Nc1cccc(Br)c1)C(=O)O. The summed E-state index contributed by atoms with van der Waals surface area (Å²) in [6.45, 7) is 5.27. The average Bonchev–Trinajstić information content (AvgIpc) is 2.24. The zero-order chi connectivity index (χ0) is 14.6. The molecule has 0 saturated heterocycles. The van der Waals surface area contributed by atoms with E-state index in [0.717, 1.165) is 4.47 Å². The summed E-state index contributed by atoms with van der Waals surface area (Å²) in [6.07, 6.45) is 0. The van der Waals surface area contributed by atoms with Crippen molar-refractivity contribution in [1.29, 1.82) is 0 Å². The van der Waals surface area contributed by atoms with Gasteiger partial charge in [-0.1, -0.05) is 42.8 Å². The van der Waals surface area contributed by atoms with Gasteiger partial charge in [-0.05, 0) is 23.6 Å². The molecular weight excluding hydrogens is 312 g/mol. The Morgan fingerprint density at radius 1 is 1.32 bits per heavy atom. The third-order valence-electron chi connectivity index (χ3n) is 2.47. The van der Waals surface area contributed by atoms with Crippen LogP contribution in [0.5, 0.6) is 0 Å². The maximum absolute atomic E-state index is 11.8. The third kappa shape index (κ3) is 4.90. The van der Waals surface area contributed by atoms with Gasteiger partial charge in [-0.15, -0.1) is 0 Å². The van der Waals surface area contributed by atoms with Crippen LogP contribution in [0, 0.1) is 5.41 Å². The van der Waals surface area contributed by atoms with Crippen LogP contribution in [-0.2, 0) is 4.79 Å². The highest BCUT2D eigenvalue weighted by Gasteiger charge is 2.32. The van der Waals surface area contributed by atoms with Crippen LogP contribution < -0.4 is 10.6 Å². The van der Waals surface area contributed by atoms with E-state index in [1.807, 2.05) is 6.07 Å². The second-order valence-electron chi connectivity index (χ2n) is 5.25. The Morgan fingerprint density at radius 3 is 2.42 bits per heavy atom. The van der Waals surface area contributed by atoms with Gasteiger partial charge in [-0.3, -0.25) is 0 Å². The predicted molar refractivity (Wildman–Crippen MR) is 77.2 cm³/mol. The molecule has 0 aliphatic carbocycles. The number of rotatable bonds is 3. The van der Waals surface area contributed by atoms with E-state index in [1.54, 1.807) is 39.0 Å². The number of halogens is 1. The number of benzene rings is 1. The molecule has 6 heteroatoms. The van der Waals surface area contributed by atoms with Gasteiger partial charge in [0.1, 0.15) is 6.04 Å². The highest BCUT2D eigenvalue weighted by molar-refractivity contribution is 9.10. The van der Waals surface area contributed by atoms with Crippen molar-refractivity contribution in [3.8, 4) is 0 Å². The Balaban J connectivity index is 2.71. The highest BCUT2D eigenvalue weighted by Crippen LogP contribution is 2.20. The summed E-state index contributed by atoms with van der Waals surface area (Å²) in [7, 11) is 0. The molecule has 1 aromatic carbocycles. The number of carboxylic acids is 1. The van der Waals surface area contributed by atoms with Gasteiger partial charge in [0, 0.05) is 10.2 Å². The lowest BCUT2D eigenvalue weighted by molar-refractivity contribution is -0.141. The lowest BCUT2D eigenvalue weighted by Gasteiger charge is -2.27. The Kier molecular flexibility index (Phi) is 4.94. The first-order chi connectivity index (χ1) is 8.70. The molecule has 0 aliphatic rings. The molecule has 1 atom stereocenters. The summed E-state index contributed by atoms with van der Waals surface area (Å²) < 4.78 is 0.830. The fourth-order valence-corrected chi connectivity index (χ4v) is 1.91. The third-order valence-corrected chi connectivity index (χ3v) is 2.96. The number of aliphatic carboxylic acids is 1. The van der Waals surface area contributed by atoms with Crippen molar-refractivity contribution in [2.24, 2.45) is 5.41 Å². The number of hydrogen-bond acceptors (Lipinski definition) is 2. The quantitative estimate of drug-likeness (QED) is 0.797. The van der Waals surface area contributed by atoms with Gasteiger partial charge in [-0.25, -0.2) is 9.59 Å². The number of carboxylic acid groups (broad SMARTS) is 1. The van der Waals surface area contributed by atoms with Crippen molar-refractivity contribution >= 4 is 33.6 Å². The molecule has 0 radical (unpaired) electrons. The molecule has 5 nitrogen and oxygen atoms in total. The number of nitrogens with one attached hydrogen (secondary N) is 2. The van der Waals surface area contributed by atoms with Gasteiger partial charge < -0.3 is 15.7 Å². The lowest BCUT2D eigenvalue weighted by Crippen LogP contribution is -2.50. The summed E-state index contributed by atoms with van der Waals surface area (Å²) in [5, 5.41) is 14.2. The zero-order valence-corrected chi connectivity index (χ0v) is 12.6. The summed E-state index contributed by atoms with van der Waals surface area (Å²) in [6, 6.07) is 5.56. The molecule has 0 heterocycles. The van der Waals surface area contributed by atoms with Gasteiger partial charge in [0.05, 0.1) is 0 Å². The van der Waals surface area contributed by atoms with Gasteiger partial charge in [0.25, 0.3) is 0 Å². The van der Waals surface area contributed by atoms with Crippen molar-refractivity contribution in [2.45, 2.75) is 26.8 Å². The molecule has 19 heavy (non-hydrogen) atoms. The van der Waals surface area contributed by atoms with E-state index in [0.29, 0.717) is 5.69 Å². The second-order valence-corrected chi connectivity index (χ2v) is 6.16. The summed E-state index contributed by atoms with van der Waals surface area (Å²) in [5.41, 5.74) is 0.0189. The standard InChI is InChI=1S/C13H17BrN2O3/c1-13(2,3)10(11(17)18)16-12(19)15-9-6-4-5-8(14)7-9/h4-7,10H,1-3H3,(H,17,18)(H2,15,16,19). The van der Waals surface area contributed by atoms with Crippen LogP contribution in [0.25, 0.3) is 0 Å². The van der Waals surface area contributed by atoms with Gasteiger partial charge in [-0.2, -0.15) is 0 Å². The molecule has 0 bridgehead atoms. The molecule has 104 valence electrons. The molecular formula is C13H17BrN2O3. The summed E-state index contributed by atoms with van der Waals surface area (Å²) >= 11 is 3.29. The van der Waals surface area contributed by atoms with Crippen molar-refractivity contribution in [2.75, 3.05) is 5.32 Å². The Hall–Kier alpha value is -1.56. The molecule has 0 aromatic heterocycles. The molecule has 0 saturated carbocycles. The molecule has 0 fully saturated rings. The first-order valence-corrected chi connectivity index (χ1v) is 6.55. The number of anilines is 1. The molecule has 3 N–H and O–H groups in total. The van der Waals surface area contributed by atoms with Crippen LogP contribution in [0.3, 0.4) is 0 Å². The first kappa shape index (κ1) is 15.5. The normalized spacial score (nSPS) is 12.6. The van der Waals surface area contributed by atoms with Crippen LogP contribution in [0.2, 0.25) is 0 Å². The van der Waals surface area contributed by atoms with Crippen LogP contribution in [0.4, 0.5) is 10.5 Å². The number of carbonyl (C=O) groups is 2. The molecule has 1 rings (SSSR count). The summed E-state index contributed by atoms with van der Waals surface area (Å²) in [5.74, 6) is -1.06. The maximum Gasteiger partial charge on any atom is 0.326 e. The van der Waals surface area contributed by atoms with Crippen molar-refractivity contribution in [3.63, 3.8) is 0 Å². The minimum Gasteiger partial charge on any atom is -0.480 e. The van der Waals surface area contributed by atoms with Crippen LogP contribution in [0.15, 0.2) is 28.7 Å². The minimum atomic E-state index is -1.06. The smallest absolute Gasteiger partial charge is 0.326 e. The highest BCUT2D eigenvalue weighted by atomic mass is 79.9. The van der Waals surface area contributed by atoms with E-state index in [1.165, 1.54) is 0 Å². The Morgan fingerprint density at radius 2 is 1.95 bits per heavy atom. The molecule has 2 amide bonds. The van der Waals surface area contributed by atoms with E-state index < -0.39 is 23.5 Å². The van der Waals surface area contributed by atoms with E-state index in [4.69, 9.17) is 5.11 Å². The number of carbonyl (C=O) groups excluding carboxylic acids is 1. The molecule has 1 unspecified atom stereocenters. The molecule has 0 aliphatic heterocycles. The van der Waals surface area contributed by atoms with Gasteiger partial charge in [0.2, 0.25) is 0 Å². The summed E-state index contributed by atoms with van der Waals surface area (Å²) in [4.78, 5) is 22.9. The fourth-order valence-electron chi connectivity index (χ4n) is 1.51.